The molecule has 2 heterocycles. The average Bonchev–Trinajstić information content (AvgIpc) is 2.53. The molecule has 21 heavy (non-hydrogen) atoms. The Kier molecular flexibility index (Phi) is 4.27. The topological polar surface area (TPSA) is 50.4 Å². The van der Waals surface area contributed by atoms with Gasteiger partial charge in [0.05, 0.1) is 6.61 Å². The second kappa shape index (κ2) is 6.16. The van der Waals surface area contributed by atoms with E-state index in [0.29, 0.717) is 6.61 Å². The van der Waals surface area contributed by atoms with Crippen molar-refractivity contribution in [3.05, 3.63) is 35.4 Å². The zero-order valence-corrected chi connectivity index (χ0v) is 12.7. The van der Waals surface area contributed by atoms with Crippen molar-refractivity contribution in [3.8, 4) is 0 Å². The summed E-state index contributed by atoms with van der Waals surface area (Å²) in [5.41, 5.74) is 2.46. The molecular formula is C17H24N2O2. The largest absolute Gasteiger partial charge is 0.363 e. The van der Waals surface area contributed by atoms with E-state index in [1.54, 1.807) is 0 Å². The normalized spacial score (nSPS) is 24.1. The fourth-order valence-corrected chi connectivity index (χ4v) is 3.21. The predicted molar refractivity (Wildman–Crippen MR) is 82.1 cm³/mol. The SMILES string of the molecule is CC1(CNC(=O)[C@H]2OCCc3ccccc32)CCNCC1. The highest BCUT2D eigenvalue weighted by atomic mass is 16.5. The van der Waals surface area contributed by atoms with Gasteiger partial charge in [0.25, 0.3) is 5.91 Å². The summed E-state index contributed by atoms with van der Waals surface area (Å²) in [7, 11) is 0. The zero-order chi connectivity index (χ0) is 14.7. The monoisotopic (exact) mass is 288 g/mol. The second-order valence-electron chi connectivity index (χ2n) is 6.48. The molecule has 2 N–H and O–H groups in total. The number of nitrogens with one attached hydrogen (secondary N) is 2. The van der Waals surface area contributed by atoms with Crippen molar-refractivity contribution < 1.29 is 9.53 Å². The summed E-state index contributed by atoms with van der Waals surface area (Å²) in [4.78, 5) is 12.5. The van der Waals surface area contributed by atoms with Gasteiger partial charge < -0.3 is 15.4 Å². The maximum absolute atomic E-state index is 12.5. The lowest BCUT2D eigenvalue weighted by Crippen LogP contribution is -2.44. The summed E-state index contributed by atoms with van der Waals surface area (Å²) < 4.78 is 5.71. The first-order valence-corrected chi connectivity index (χ1v) is 7.86. The molecule has 0 radical (unpaired) electrons. The van der Waals surface area contributed by atoms with E-state index < -0.39 is 6.10 Å². The van der Waals surface area contributed by atoms with Gasteiger partial charge in [0, 0.05) is 6.54 Å². The van der Waals surface area contributed by atoms with Crippen molar-refractivity contribution in [2.45, 2.75) is 32.3 Å². The molecule has 4 nitrogen and oxygen atoms in total. The Labute approximate surface area is 126 Å². The Balaban J connectivity index is 1.64. The van der Waals surface area contributed by atoms with Crippen molar-refractivity contribution in [1.82, 2.24) is 10.6 Å². The van der Waals surface area contributed by atoms with Crippen LogP contribution in [0.25, 0.3) is 0 Å². The third-order valence-corrected chi connectivity index (χ3v) is 4.73. The fourth-order valence-electron chi connectivity index (χ4n) is 3.21. The van der Waals surface area contributed by atoms with Gasteiger partial charge in [0.1, 0.15) is 0 Å². The average molecular weight is 288 g/mol. The van der Waals surface area contributed by atoms with E-state index in [-0.39, 0.29) is 11.3 Å². The van der Waals surface area contributed by atoms with Crippen molar-refractivity contribution in [2.24, 2.45) is 5.41 Å². The molecule has 0 bridgehead atoms. The molecule has 2 aliphatic heterocycles. The Morgan fingerprint density at radius 2 is 2.14 bits per heavy atom. The van der Waals surface area contributed by atoms with Crippen LogP contribution in [-0.4, -0.2) is 32.1 Å². The van der Waals surface area contributed by atoms with Crippen LogP contribution in [0.15, 0.2) is 24.3 Å². The van der Waals surface area contributed by atoms with E-state index in [9.17, 15) is 4.79 Å². The second-order valence-corrected chi connectivity index (χ2v) is 6.48. The van der Waals surface area contributed by atoms with Gasteiger partial charge in [-0.25, -0.2) is 0 Å². The van der Waals surface area contributed by atoms with Crippen LogP contribution in [0, 0.1) is 5.41 Å². The van der Waals surface area contributed by atoms with Crippen LogP contribution in [0.5, 0.6) is 0 Å². The standard InChI is InChI=1S/C17H24N2O2/c1-17(7-9-18-10-8-17)12-19-16(20)15-14-5-3-2-4-13(14)6-11-21-15/h2-5,15,18H,6-12H2,1H3,(H,19,20)/t15-/m0/s1. The van der Waals surface area contributed by atoms with E-state index in [0.717, 1.165) is 44.5 Å². The lowest BCUT2D eigenvalue weighted by atomic mass is 9.81. The maximum atomic E-state index is 12.5. The molecule has 0 saturated carbocycles. The number of hydrogen-bond acceptors (Lipinski definition) is 3. The summed E-state index contributed by atoms with van der Waals surface area (Å²) >= 11 is 0. The minimum atomic E-state index is -0.444. The maximum Gasteiger partial charge on any atom is 0.253 e. The summed E-state index contributed by atoms with van der Waals surface area (Å²) in [5.74, 6) is 0.00177. The van der Waals surface area contributed by atoms with E-state index >= 15 is 0 Å². The molecule has 0 spiro atoms. The van der Waals surface area contributed by atoms with Crippen LogP contribution in [0.3, 0.4) is 0 Å². The lowest BCUT2D eigenvalue weighted by Gasteiger charge is -2.35. The third-order valence-electron chi connectivity index (χ3n) is 4.73. The molecule has 1 amide bonds. The van der Waals surface area contributed by atoms with Crippen molar-refractivity contribution in [2.75, 3.05) is 26.2 Å². The Bertz CT molecular complexity index is 509. The number of rotatable bonds is 3. The molecule has 0 aliphatic carbocycles. The number of hydrogen-bond donors (Lipinski definition) is 2. The minimum absolute atomic E-state index is 0.00177. The van der Waals surface area contributed by atoms with Crippen molar-refractivity contribution >= 4 is 5.91 Å². The third kappa shape index (κ3) is 3.27. The number of carbonyl (C=O) groups is 1. The zero-order valence-electron chi connectivity index (χ0n) is 12.7. The molecule has 2 aliphatic rings. The molecule has 1 aromatic carbocycles. The molecule has 114 valence electrons. The van der Waals surface area contributed by atoms with Gasteiger partial charge in [-0.1, -0.05) is 31.2 Å². The van der Waals surface area contributed by atoms with Crippen molar-refractivity contribution in [3.63, 3.8) is 0 Å². The van der Waals surface area contributed by atoms with E-state index in [4.69, 9.17) is 4.74 Å². The number of amides is 1. The molecule has 1 saturated heterocycles. The number of carbonyl (C=O) groups excluding carboxylic acids is 1. The highest BCUT2D eigenvalue weighted by Gasteiger charge is 2.31. The number of ether oxygens (including phenoxy) is 1. The van der Waals surface area contributed by atoms with Gasteiger partial charge in [0.2, 0.25) is 0 Å². The van der Waals surface area contributed by atoms with Crippen LogP contribution in [0.4, 0.5) is 0 Å². The summed E-state index contributed by atoms with van der Waals surface area (Å²) in [6, 6.07) is 8.09. The van der Waals surface area contributed by atoms with E-state index in [1.165, 1.54) is 5.56 Å². The van der Waals surface area contributed by atoms with E-state index in [1.807, 2.05) is 18.2 Å². The molecule has 0 aromatic heterocycles. The molecule has 1 aromatic rings. The Morgan fingerprint density at radius 1 is 1.38 bits per heavy atom. The summed E-state index contributed by atoms with van der Waals surface area (Å²) in [6.07, 6.45) is 2.66. The number of piperidine rings is 1. The highest BCUT2D eigenvalue weighted by Crippen LogP contribution is 2.29. The van der Waals surface area contributed by atoms with Crippen LogP contribution >= 0.6 is 0 Å². The van der Waals surface area contributed by atoms with Gasteiger partial charge in [0.15, 0.2) is 6.10 Å². The van der Waals surface area contributed by atoms with E-state index in [2.05, 4.69) is 23.6 Å². The molecular weight excluding hydrogens is 264 g/mol. The van der Waals surface area contributed by atoms with Gasteiger partial charge in [-0.15, -0.1) is 0 Å². The first-order valence-electron chi connectivity index (χ1n) is 7.86. The van der Waals surface area contributed by atoms with Gasteiger partial charge in [-0.05, 0) is 48.9 Å². The molecule has 1 atom stereocenters. The summed E-state index contributed by atoms with van der Waals surface area (Å²) in [5, 5.41) is 6.48. The first kappa shape index (κ1) is 14.5. The molecule has 4 heteroatoms. The Hall–Kier alpha value is -1.39. The van der Waals surface area contributed by atoms with Gasteiger partial charge in [-0.2, -0.15) is 0 Å². The van der Waals surface area contributed by atoms with Gasteiger partial charge >= 0.3 is 0 Å². The van der Waals surface area contributed by atoms with Crippen molar-refractivity contribution in [1.29, 1.82) is 0 Å². The van der Waals surface area contributed by atoms with Crippen LogP contribution in [-0.2, 0) is 16.0 Å². The van der Waals surface area contributed by atoms with Crippen LogP contribution in [0.1, 0.15) is 37.0 Å². The smallest absolute Gasteiger partial charge is 0.253 e. The number of benzene rings is 1. The molecule has 0 unspecified atom stereocenters. The predicted octanol–water partition coefficient (Wildman–Crippen LogP) is 1.81. The fraction of sp³-hybridized carbons (Fsp3) is 0.588. The van der Waals surface area contributed by atoms with Crippen LogP contribution in [0.2, 0.25) is 0 Å². The quantitative estimate of drug-likeness (QED) is 0.892. The lowest BCUT2D eigenvalue weighted by molar-refractivity contribution is -0.134. The molecule has 1 fully saturated rings. The minimum Gasteiger partial charge on any atom is -0.363 e. The highest BCUT2D eigenvalue weighted by molar-refractivity contribution is 5.82. The Morgan fingerprint density at radius 3 is 2.95 bits per heavy atom. The van der Waals surface area contributed by atoms with Gasteiger partial charge in [-0.3, -0.25) is 4.79 Å². The molecule has 3 rings (SSSR count). The van der Waals surface area contributed by atoms with Crippen LogP contribution < -0.4 is 10.6 Å². The summed E-state index contributed by atoms with van der Waals surface area (Å²) in [6.45, 7) is 5.68. The number of fused-ring (bicyclic) bond motifs is 1. The first-order chi connectivity index (χ1) is 10.2.